The van der Waals surface area contributed by atoms with E-state index in [1.165, 1.54) is 6.07 Å². The molecule has 0 radical (unpaired) electrons. The van der Waals surface area contributed by atoms with Crippen molar-refractivity contribution in [2.75, 3.05) is 17.2 Å². The second-order valence-corrected chi connectivity index (χ2v) is 6.95. The van der Waals surface area contributed by atoms with Gasteiger partial charge in [0.25, 0.3) is 5.91 Å². The summed E-state index contributed by atoms with van der Waals surface area (Å²) < 4.78 is 4.91. The van der Waals surface area contributed by atoms with Gasteiger partial charge in [-0.05, 0) is 49.2 Å². The lowest BCUT2D eigenvalue weighted by atomic mass is 10.1. The molecule has 2 aromatic rings. The normalized spacial score (nSPS) is 10.3. The molecule has 2 amide bonds. The van der Waals surface area contributed by atoms with Crippen molar-refractivity contribution in [3.05, 3.63) is 57.6 Å². The van der Waals surface area contributed by atoms with Crippen molar-refractivity contribution in [1.29, 1.82) is 0 Å². The van der Waals surface area contributed by atoms with Crippen LogP contribution in [0.4, 0.5) is 11.4 Å². The molecular formula is C20H20Cl2N2O4. The van der Waals surface area contributed by atoms with Crippen molar-refractivity contribution >= 4 is 52.4 Å². The third-order valence-electron chi connectivity index (χ3n) is 4.00. The van der Waals surface area contributed by atoms with Gasteiger partial charge in [-0.25, -0.2) is 0 Å². The molecule has 2 aromatic carbocycles. The van der Waals surface area contributed by atoms with Gasteiger partial charge < -0.3 is 15.4 Å². The second-order valence-electron chi connectivity index (χ2n) is 6.13. The highest BCUT2D eigenvalue weighted by atomic mass is 35.5. The molecule has 0 atom stereocenters. The number of ether oxygens (including phenoxy) is 1. The molecule has 0 heterocycles. The minimum absolute atomic E-state index is 0.0856. The van der Waals surface area contributed by atoms with E-state index in [0.717, 1.165) is 11.1 Å². The number of halogens is 2. The van der Waals surface area contributed by atoms with Crippen LogP contribution in [0.5, 0.6) is 0 Å². The van der Waals surface area contributed by atoms with Crippen molar-refractivity contribution in [2.24, 2.45) is 0 Å². The van der Waals surface area contributed by atoms with E-state index in [2.05, 4.69) is 10.6 Å². The van der Waals surface area contributed by atoms with Crippen LogP contribution >= 0.6 is 23.2 Å². The quantitative estimate of drug-likeness (QED) is 0.642. The SMILES string of the molecule is Cc1cccc(NC(=O)COC(=O)CCC(=O)Nc2ccc(Cl)c(Cl)c2)c1C. The van der Waals surface area contributed by atoms with Crippen LogP contribution in [0.3, 0.4) is 0 Å². The molecule has 0 bridgehead atoms. The van der Waals surface area contributed by atoms with E-state index >= 15 is 0 Å². The minimum atomic E-state index is -0.639. The molecule has 0 saturated heterocycles. The van der Waals surface area contributed by atoms with Gasteiger partial charge in [0.15, 0.2) is 6.61 Å². The molecular weight excluding hydrogens is 403 g/mol. The zero-order valence-electron chi connectivity index (χ0n) is 15.5. The predicted molar refractivity (Wildman–Crippen MR) is 110 cm³/mol. The van der Waals surface area contributed by atoms with Crippen LogP contribution in [-0.4, -0.2) is 24.4 Å². The summed E-state index contributed by atoms with van der Waals surface area (Å²) in [5.41, 5.74) is 3.13. The van der Waals surface area contributed by atoms with Gasteiger partial charge in [-0.2, -0.15) is 0 Å². The van der Waals surface area contributed by atoms with Gasteiger partial charge >= 0.3 is 5.97 Å². The smallest absolute Gasteiger partial charge is 0.306 e. The van der Waals surface area contributed by atoms with Gasteiger partial charge in [0, 0.05) is 17.8 Å². The lowest BCUT2D eigenvalue weighted by molar-refractivity contribution is -0.147. The number of carbonyl (C=O) groups is 3. The van der Waals surface area contributed by atoms with E-state index in [9.17, 15) is 14.4 Å². The Morgan fingerprint density at radius 2 is 1.68 bits per heavy atom. The second kappa shape index (κ2) is 10.1. The molecule has 0 spiro atoms. The number of amides is 2. The molecule has 0 saturated carbocycles. The summed E-state index contributed by atoms with van der Waals surface area (Å²) in [5, 5.41) is 5.99. The molecule has 0 aromatic heterocycles. The first-order valence-corrected chi connectivity index (χ1v) is 9.28. The van der Waals surface area contributed by atoms with E-state index in [-0.39, 0.29) is 18.7 Å². The fourth-order valence-electron chi connectivity index (χ4n) is 2.30. The first-order valence-electron chi connectivity index (χ1n) is 8.53. The van der Waals surface area contributed by atoms with Gasteiger partial charge in [-0.3, -0.25) is 14.4 Å². The lowest BCUT2D eigenvalue weighted by Gasteiger charge is -2.10. The Bertz CT molecular complexity index is 900. The average molecular weight is 423 g/mol. The van der Waals surface area contributed by atoms with Crippen LogP contribution in [-0.2, 0) is 19.1 Å². The topological polar surface area (TPSA) is 84.5 Å². The highest BCUT2D eigenvalue weighted by molar-refractivity contribution is 6.42. The Balaban J connectivity index is 1.73. The molecule has 148 valence electrons. The van der Waals surface area contributed by atoms with Crippen LogP contribution < -0.4 is 10.6 Å². The Hall–Kier alpha value is -2.57. The first kappa shape index (κ1) is 21.7. The van der Waals surface area contributed by atoms with E-state index in [1.54, 1.807) is 18.2 Å². The molecule has 28 heavy (non-hydrogen) atoms. The summed E-state index contributed by atoms with van der Waals surface area (Å²) in [7, 11) is 0. The number of aryl methyl sites for hydroxylation is 1. The van der Waals surface area contributed by atoms with Gasteiger partial charge in [0.1, 0.15) is 0 Å². The molecule has 8 heteroatoms. The largest absolute Gasteiger partial charge is 0.456 e. The maximum Gasteiger partial charge on any atom is 0.306 e. The van der Waals surface area contributed by atoms with Crippen molar-refractivity contribution < 1.29 is 19.1 Å². The molecule has 0 aliphatic heterocycles. The maximum atomic E-state index is 11.9. The van der Waals surface area contributed by atoms with Crippen molar-refractivity contribution in [2.45, 2.75) is 26.7 Å². The number of hydrogen-bond donors (Lipinski definition) is 2. The number of nitrogens with one attached hydrogen (secondary N) is 2. The minimum Gasteiger partial charge on any atom is -0.456 e. The van der Waals surface area contributed by atoms with Crippen molar-refractivity contribution in [3.8, 4) is 0 Å². The van der Waals surface area contributed by atoms with Crippen molar-refractivity contribution in [1.82, 2.24) is 0 Å². The zero-order valence-corrected chi connectivity index (χ0v) is 17.0. The molecule has 2 rings (SSSR count). The third-order valence-corrected chi connectivity index (χ3v) is 4.74. The third kappa shape index (κ3) is 6.55. The first-order chi connectivity index (χ1) is 13.3. The standard InChI is InChI=1S/C20H20Cl2N2O4/c1-12-4-3-5-17(13(12)2)24-19(26)11-28-20(27)9-8-18(25)23-14-6-7-15(21)16(22)10-14/h3-7,10H,8-9,11H2,1-2H3,(H,23,25)(H,24,26). The van der Waals surface area contributed by atoms with Crippen LogP contribution in [0.2, 0.25) is 10.0 Å². The van der Waals surface area contributed by atoms with E-state index < -0.39 is 18.5 Å². The van der Waals surface area contributed by atoms with Crippen LogP contribution in [0, 0.1) is 13.8 Å². The number of esters is 1. The molecule has 0 unspecified atom stereocenters. The predicted octanol–water partition coefficient (Wildman–Crippen LogP) is 4.51. The molecule has 0 fully saturated rings. The van der Waals surface area contributed by atoms with Crippen molar-refractivity contribution in [3.63, 3.8) is 0 Å². The summed E-state index contributed by atoms with van der Waals surface area (Å²) in [5.74, 6) is -1.46. The number of rotatable bonds is 7. The molecule has 0 aliphatic rings. The van der Waals surface area contributed by atoms with E-state index in [0.29, 0.717) is 21.4 Å². The summed E-state index contributed by atoms with van der Waals surface area (Å²) in [6.45, 7) is 3.41. The average Bonchev–Trinajstić information content (AvgIpc) is 2.65. The number of anilines is 2. The summed E-state index contributed by atoms with van der Waals surface area (Å²) in [6, 6.07) is 10.2. The number of benzene rings is 2. The monoisotopic (exact) mass is 422 g/mol. The van der Waals surface area contributed by atoms with Gasteiger partial charge in [-0.1, -0.05) is 35.3 Å². The summed E-state index contributed by atoms with van der Waals surface area (Å²) >= 11 is 11.7. The highest BCUT2D eigenvalue weighted by Gasteiger charge is 2.12. The fourth-order valence-corrected chi connectivity index (χ4v) is 2.60. The Morgan fingerprint density at radius 3 is 2.39 bits per heavy atom. The van der Waals surface area contributed by atoms with E-state index in [1.807, 2.05) is 26.0 Å². The molecule has 0 aliphatic carbocycles. The van der Waals surface area contributed by atoms with Crippen LogP contribution in [0.25, 0.3) is 0 Å². The molecule has 2 N–H and O–H groups in total. The number of hydrogen-bond acceptors (Lipinski definition) is 4. The van der Waals surface area contributed by atoms with Gasteiger partial charge in [0.05, 0.1) is 16.5 Å². The fraction of sp³-hybridized carbons (Fsp3) is 0.250. The summed E-state index contributed by atoms with van der Waals surface area (Å²) in [4.78, 5) is 35.6. The Morgan fingerprint density at radius 1 is 0.929 bits per heavy atom. The Labute approximate surface area is 173 Å². The Kier molecular flexibility index (Phi) is 7.84. The zero-order chi connectivity index (χ0) is 20.7. The van der Waals surface area contributed by atoms with Gasteiger partial charge in [0.2, 0.25) is 5.91 Å². The van der Waals surface area contributed by atoms with E-state index in [4.69, 9.17) is 27.9 Å². The molecule has 6 nitrogen and oxygen atoms in total. The van der Waals surface area contributed by atoms with Gasteiger partial charge in [-0.15, -0.1) is 0 Å². The number of carbonyl (C=O) groups excluding carboxylic acids is 3. The summed E-state index contributed by atoms with van der Waals surface area (Å²) in [6.07, 6.45) is -0.235. The lowest BCUT2D eigenvalue weighted by Crippen LogP contribution is -2.22. The van der Waals surface area contributed by atoms with Crippen LogP contribution in [0.1, 0.15) is 24.0 Å². The van der Waals surface area contributed by atoms with Crippen LogP contribution in [0.15, 0.2) is 36.4 Å². The highest BCUT2D eigenvalue weighted by Crippen LogP contribution is 2.25. The maximum absolute atomic E-state index is 11.9.